The minimum atomic E-state index is -0.232. The fourth-order valence-electron chi connectivity index (χ4n) is 1.19. The van der Waals surface area contributed by atoms with Gasteiger partial charge in [0.2, 0.25) is 5.91 Å². The molecule has 1 aromatic rings. The number of rotatable bonds is 4. The maximum atomic E-state index is 12.6. The summed E-state index contributed by atoms with van der Waals surface area (Å²) in [6, 6.07) is 6.33. The number of carbonyl (C=O) groups excluding carboxylic acids is 1. The third-order valence-corrected chi connectivity index (χ3v) is 2.15. The summed E-state index contributed by atoms with van der Waals surface area (Å²) in [6.07, 6.45) is 0.735. The summed E-state index contributed by atoms with van der Waals surface area (Å²) in [5.41, 5.74) is 1.03. The first-order valence-corrected chi connectivity index (χ1v) is 5.11. The van der Waals surface area contributed by atoms with Gasteiger partial charge in [0.1, 0.15) is 5.82 Å². The lowest BCUT2D eigenvalue weighted by molar-refractivity contribution is -0.123. The maximum absolute atomic E-state index is 12.6. The van der Waals surface area contributed by atoms with Gasteiger partial charge in [0.15, 0.2) is 0 Å². The molecule has 1 aromatic carbocycles. The third-order valence-electron chi connectivity index (χ3n) is 2.15. The van der Waals surface area contributed by atoms with Gasteiger partial charge in [-0.3, -0.25) is 4.79 Å². The van der Waals surface area contributed by atoms with E-state index < -0.39 is 0 Å². The molecule has 1 amide bonds. The van der Waals surface area contributed by atoms with Crippen LogP contribution < -0.4 is 5.32 Å². The monoisotopic (exact) mass is 209 g/mol. The van der Waals surface area contributed by atoms with Crippen molar-refractivity contribution in [2.45, 2.75) is 20.3 Å². The fraction of sp³-hybridized carbons (Fsp3) is 0.417. The highest BCUT2D eigenvalue weighted by Crippen LogP contribution is 2.02. The van der Waals surface area contributed by atoms with Crippen LogP contribution in [0.1, 0.15) is 19.4 Å². The third kappa shape index (κ3) is 4.11. The van der Waals surface area contributed by atoms with Gasteiger partial charge in [-0.15, -0.1) is 0 Å². The molecule has 0 unspecified atom stereocenters. The van der Waals surface area contributed by atoms with E-state index in [0.29, 0.717) is 6.54 Å². The van der Waals surface area contributed by atoms with Gasteiger partial charge in [-0.2, -0.15) is 0 Å². The van der Waals surface area contributed by atoms with Crippen LogP contribution in [0.25, 0.3) is 0 Å². The fourth-order valence-corrected chi connectivity index (χ4v) is 1.19. The quantitative estimate of drug-likeness (QED) is 0.808. The van der Waals surface area contributed by atoms with E-state index in [1.54, 1.807) is 12.1 Å². The topological polar surface area (TPSA) is 29.1 Å². The first kappa shape index (κ1) is 11.7. The van der Waals surface area contributed by atoms with Crippen LogP contribution in [0.3, 0.4) is 0 Å². The average Bonchev–Trinajstić information content (AvgIpc) is 2.20. The van der Waals surface area contributed by atoms with E-state index in [0.717, 1.165) is 12.0 Å². The van der Waals surface area contributed by atoms with Gasteiger partial charge < -0.3 is 5.32 Å². The van der Waals surface area contributed by atoms with Crippen molar-refractivity contribution >= 4 is 5.91 Å². The number of benzene rings is 1. The first-order valence-electron chi connectivity index (χ1n) is 5.11. The molecule has 1 N–H and O–H groups in total. The summed E-state index contributed by atoms with van der Waals surface area (Å²) < 4.78 is 12.6. The predicted octanol–water partition coefficient (Wildman–Crippen LogP) is 2.14. The zero-order valence-corrected chi connectivity index (χ0v) is 9.09. The van der Waals surface area contributed by atoms with Crippen molar-refractivity contribution < 1.29 is 9.18 Å². The van der Waals surface area contributed by atoms with E-state index in [9.17, 15) is 9.18 Å². The first-order chi connectivity index (χ1) is 7.09. The minimum absolute atomic E-state index is 0.0122. The van der Waals surface area contributed by atoms with E-state index in [1.807, 2.05) is 13.8 Å². The Morgan fingerprint density at radius 3 is 2.47 bits per heavy atom. The van der Waals surface area contributed by atoms with Gasteiger partial charge in [0.05, 0.1) is 0 Å². The maximum Gasteiger partial charge on any atom is 0.222 e. The van der Waals surface area contributed by atoms with Gasteiger partial charge >= 0.3 is 0 Å². The van der Waals surface area contributed by atoms with E-state index >= 15 is 0 Å². The Morgan fingerprint density at radius 2 is 1.93 bits per heavy atom. The van der Waals surface area contributed by atoms with Crippen molar-refractivity contribution in [2.24, 2.45) is 5.92 Å². The molecule has 0 heterocycles. The van der Waals surface area contributed by atoms with E-state index in [2.05, 4.69) is 5.32 Å². The molecule has 1 rings (SSSR count). The van der Waals surface area contributed by atoms with Gasteiger partial charge in [-0.05, 0) is 24.1 Å². The van der Waals surface area contributed by atoms with Gasteiger partial charge in [-0.25, -0.2) is 4.39 Å². The normalized spacial score (nSPS) is 10.4. The summed E-state index contributed by atoms with van der Waals surface area (Å²) in [5.74, 6) is -0.166. The summed E-state index contributed by atoms with van der Waals surface area (Å²) >= 11 is 0. The number of nitrogens with one attached hydrogen (secondary N) is 1. The van der Waals surface area contributed by atoms with Crippen LogP contribution >= 0.6 is 0 Å². The lowest BCUT2D eigenvalue weighted by Crippen LogP contribution is -2.29. The molecule has 0 saturated heterocycles. The van der Waals surface area contributed by atoms with Crippen molar-refractivity contribution in [3.05, 3.63) is 35.6 Å². The van der Waals surface area contributed by atoms with Crippen LogP contribution in [0, 0.1) is 11.7 Å². The van der Waals surface area contributed by atoms with Crippen LogP contribution in [0.2, 0.25) is 0 Å². The van der Waals surface area contributed by atoms with Crippen LogP contribution in [0.4, 0.5) is 4.39 Å². The molecule has 0 bridgehead atoms. The number of carbonyl (C=O) groups is 1. The van der Waals surface area contributed by atoms with Crippen LogP contribution in [0.15, 0.2) is 24.3 Å². The molecule has 82 valence electrons. The van der Waals surface area contributed by atoms with E-state index in [1.165, 1.54) is 12.1 Å². The molecule has 2 nitrogen and oxygen atoms in total. The lowest BCUT2D eigenvalue weighted by Gasteiger charge is -2.07. The lowest BCUT2D eigenvalue weighted by atomic mass is 10.1. The molecule has 15 heavy (non-hydrogen) atoms. The Kier molecular flexibility index (Phi) is 4.28. The molecule has 0 aromatic heterocycles. The summed E-state index contributed by atoms with van der Waals surface area (Å²) in [4.78, 5) is 11.2. The molecule has 0 aliphatic rings. The second-order valence-corrected chi connectivity index (χ2v) is 3.82. The molecule has 3 heteroatoms. The summed E-state index contributed by atoms with van der Waals surface area (Å²) in [5, 5.41) is 2.81. The van der Waals surface area contributed by atoms with Crippen molar-refractivity contribution in [1.29, 1.82) is 0 Å². The van der Waals surface area contributed by atoms with Crippen LogP contribution in [-0.2, 0) is 11.2 Å². The summed E-state index contributed by atoms with van der Waals surface area (Å²) in [7, 11) is 0. The van der Waals surface area contributed by atoms with Gasteiger partial charge in [-0.1, -0.05) is 26.0 Å². The van der Waals surface area contributed by atoms with Crippen molar-refractivity contribution in [1.82, 2.24) is 5.32 Å². The molecule has 0 aliphatic carbocycles. The summed E-state index contributed by atoms with van der Waals surface area (Å²) in [6.45, 7) is 4.31. The Labute approximate surface area is 89.5 Å². The Morgan fingerprint density at radius 1 is 1.33 bits per heavy atom. The SMILES string of the molecule is CC(C)C(=O)NCCc1ccc(F)cc1. The second kappa shape index (κ2) is 5.49. The Bertz CT molecular complexity index is 319. The van der Waals surface area contributed by atoms with Crippen molar-refractivity contribution in [3.8, 4) is 0 Å². The molecular formula is C12H16FNO. The van der Waals surface area contributed by atoms with Crippen molar-refractivity contribution in [3.63, 3.8) is 0 Å². The zero-order valence-electron chi connectivity index (χ0n) is 9.09. The molecule has 0 aliphatic heterocycles. The number of hydrogen-bond acceptors (Lipinski definition) is 1. The second-order valence-electron chi connectivity index (χ2n) is 3.82. The molecule has 0 spiro atoms. The standard InChI is InChI=1S/C12H16FNO/c1-9(2)12(15)14-8-7-10-3-5-11(13)6-4-10/h3-6,9H,7-8H2,1-2H3,(H,14,15). The highest BCUT2D eigenvalue weighted by molar-refractivity contribution is 5.77. The van der Waals surface area contributed by atoms with E-state index in [4.69, 9.17) is 0 Å². The Balaban J connectivity index is 2.32. The van der Waals surface area contributed by atoms with Gasteiger partial charge in [0.25, 0.3) is 0 Å². The van der Waals surface area contributed by atoms with E-state index in [-0.39, 0.29) is 17.6 Å². The molecule has 0 saturated carbocycles. The predicted molar refractivity (Wildman–Crippen MR) is 58.0 cm³/mol. The highest BCUT2D eigenvalue weighted by Gasteiger charge is 2.04. The minimum Gasteiger partial charge on any atom is -0.356 e. The molecule has 0 radical (unpaired) electrons. The largest absolute Gasteiger partial charge is 0.356 e. The smallest absolute Gasteiger partial charge is 0.222 e. The molecular weight excluding hydrogens is 193 g/mol. The van der Waals surface area contributed by atoms with Gasteiger partial charge in [0, 0.05) is 12.5 Å². The zero-order chi connectivity index (χ0) is 11.3. The number of halogens is 1. The number of amides is 1. The Hall–Kier alpha value is -1.38. The highest BCUT2D eigenvalue weighted by atomic mass is 19.1. The van der Waals surface area contributed by atoms with Crippen LogP contribution in [0.5, 0.6) is 0 Å². The van der Waals surface area contributed by atoms with Crippen LogP contribution in [-0.4, -0.2) is 12.5 Å². The molecule has 0 atom stereocenters. The van der Waals surface area contributed by atoms with Crippen molar-refractivity contribution in [2.75, 3.05) is 6.54 Å². The molecule has 0 fully saturated rings. The average molecular weight is 209 g/mol. The number of hydrogen-bond donors (Lipinski definition) is 1.